The second-order valence-corrected chi connectivity index (χ2v) is 5.45. The molecule has 0 heterocycles. The standard InChI is InChI=1S/C16H16Cl2FNO/c1-2-7-20-10-11-8-12(17)3-6-16(11)21-13-4-5-15(19)14(18)9-13/h3-6,8-9,20H,2,7,10H2,1H3. The van der Waals surface area contributed by atoms with Crippen molar-refractivity contribution in [3.8, 4) is 11.5 Å². The van der Waals surface area contributed by atoms with E-state index >= 15 is 0 Å². The quantitative estimate of drug-likeness (QED) is 0.715. The Morgan fingerprint density at radius 1 is 1.14 bits per heavy atom. The molecular formula is C16H16Cl2FNO. The first kappa shape index (κ1) is 16.1. The number of ether oxygens (including phenoxy) is 1. The van der Waals surface area contributed by atoms with Crippen LogP contribution in [0.25, 0.3) is 0 Å². The van der Waals surface area contributed by atoms with Gasteiger partial charge >= 0.3 is 0 Å². The molecule has 2 nitrogen and oxygen atoms in total. The molecule has 0 atom stereocenters. The number of nitrogens with one attached hydrogen (secondary N) is 1. The van der Waals surface area contributed by atoms with Crippen molar-refractivity contribution < 1.29 is 9.13 Å². The Labute approximate surface area is 133 Å². The van der Waals surface area contributed by atoms with E-state index < -0.39 is 5.82 Å². The lowest BCUT2D eigenvalue weighted by Gasteiger charge is -2.12. The molecule has 0 aliphatic rings. The topological polar surface area (TPSA) is 21.3 Å². The van der Waals surface area contributed by atoms with Crippen molar-refractivity contribution in [2.45, 2.75) is 19.9 Å². The molecule has 0 radical (unpaired) electrons. The molecule has 0 aliphatic carbocycles. The summed E-state index contributed by atoms with van der Waals surface area (Å²) in [5.74, 6) is 0.691. The van der Waals surface area contributed by atoms with Gasteiger partial charge in [0.25, 0.3) is 0 Å². The van der Waals surface area contributed by atoms with Crippen molar-refractivity contribution in [2.24, 2.45) is 0 Å². The minimum Gasteiger partial charge on any atom is -0.457 e. The fraction of sp³-hybridized carbons (Fsp3) is 0.250. The van der Waals surface area contributed by atoms with Gasteiger partial charge in [0.15, 0.2) is 0 Å². The lowest BCUT2D eigenvalue weighted by atomic mass is 10.2. The van der Waals surface area contributed by atoms with Crippen LogP contribution in [-0.4, -0.2) is 6.54 Å². The summed E-state index contributed by atoms with van der Waals surface area (Å²) in [6.45, 7) is 3.66. The van der Waals surface area contributed by atoms with Crippen LogP contribution in [0.5, 0.6) is 11.5 Å². The summed E-state index contributed by atoms with van der Waals surface area (Å²) in [5.41, 5.74) is 0.941. The average Bonchev–Trinajstić information content (AvgIpc) is 2.46. The number of halogens is 3. The Bertz CT molecular complexity index is 619. The Hall–Kier alpha value is -1.29. The van der Waals surface area contributed by atoms with Crippen LogP contribution < -0.4 is 10.1 Å². The van der Waals surface area contributed by atoms with Gasteiger partial charge in [-0.25, -0.2) is 4.39 Å². The van der Waals surface area contributed by atoms with Gasteiger partial charge in [-0.05, 0) is 43.3 Å². The van der Waals surface area contributed by atoms with Gasteiger partial charge in [-0.3, -0.25) is 0 Å². The third kappa shape index (κ3) is 4.60. The molecule has 5 heteroatoms. The molecule has 2 aromatic carbocycles. The van der Waals surface area contributed by atoms with E-state index in [2.05, 4.69) is 12.2 Å². The van der Waals surface area contributed by atoms with Crippen LogP contribution in [0.1, 0.15) is 18.9 Å². The van der Waals surface area contributed by atoms with Crippen LogP contribution in [-0.2, 0) is 6.54 Å². The van der Waals surface area contributed by atoms with Crippen LogP contribution in [0.2, 0.25) is 10.0 Å². The van der Waals surface area contributed by atoms with Gasteiger partial charge in [0.1, 0.15) is 17.3 Å². The van der Waals surface area contributed by atoms with Gasteiger partial charge in [0.2, 0.25) is 0 Å². The molecule has 2 aromatic rings. The minimum atomic E-state index is -0.468. The maximum Gasteiger partial charge on any atom is 0.142 e. The second-order valence-electron chi connectivity index (χ2n) is 4.61. The van der Waals surface area contributed by atoms with Crippen LogP contribution in [0, 0.1) is 5.82 Å². The Morgan fingerprint density at radius 2 is 1.95 bits per heavy atom. The van der Waals surface area contributed by atoms with Crippen LogP contribution in [0.3, 0.4) is 0 Å². The lowest BCUT2D eigenvalue weighted by molar-refractivity contribution is 0.471. The predicted octanol–water partition coefficient (Wildman–Crippen LogP) is 5.42. The second kappa shape index (κ2) is 7.64. The van der Waals surface area contributed by atoms with Gasteiger partial charge in [0, 0.05) is 23.2 Å². The monoisotopic (exact) mass is 327 g/mol. The van der Waals surface area contributed by atoms with E-state index in [9.17, 15) is 4.39 Å². The highest BCUT2D eigenvalue weighted by atomic mass is 35.5. The lowest BCUT2D eigenvalue weighted by Crippen LogP contribution is -2.14. The van der Waals surface area contributed by atoms with E-state index in [0.717, 1.165) is 18.5 Å². The average molecular weight is 328 g/mol. The van der Waals surface area contributed by atoms with Gasteiger partial charge in [-0.15, -0.1) is 0 Å². The van der Waals surface area contributed by atoms with E-state index in [-0.39, 0.29) is 5.02 Å². The van der Waals surface area contributed by atoms with Crippen molar-refractivity contribution in [3.05, 3.63) is 57.8 Å². The molecule has 0 saturated heterocycles. The van der Waals surface area contributed by atoms with Gasteiger partial charge in [0.05, 0.1) is 5.02 Å². The first-order valence-corrected chi connectivity index (χ1v) is 7.47. The fourth-order valence-electron chi connectivity index (χ4n) is 1.85. The predicted molar refractivity (Wildman–Crippen MR) is 84.9 cm³/mol. The zero-order chi connectivity index (χ0) is 15.2. The highest BCUT2D eigenvalue weighted by Gasteiger charge is 2.08. The molecule has 0 amide bonds. The molecule has 2 rings (SSSR count). The number of rotatable bonds is 6. The summed E-state index contributed by atoms with van der Waals surface area (Å²) >= 11 is 11.8. The molecular weight excluding hydrogens is 312 g/mol. The molecule has 0 fully saturated rings. The zero-order valence-electron chi connectivity index (χ0n) is 11.6. The van der Waals surface area contributed by atoms with Crippen molar-refractivity contribution in [2.75, 3.05) is 6.54 Å². The summed E-state index contributed by atoms with van der Waals surface area (Å²) in [6.07, 6.45) is 1.05. The first-order chi connectivity index (χ1) is 10.1. The minimum absolute atomic E-state index is 0.0344. The van der Waals surface area contributed by atoms with E-state index in [1.807, 2.05) is 6.07 Å². The maximum atomic E-state index is 13.2. The van der Waals surface area contributed by atoms with Crippen molar-refractivity contribution >= 4 is 23.2 Å². The van der Waals surface area contributed by atoms with Gasteiger partial charge in [-0.2, -0.15) is 0 Å². The fourth-order valence-corrected chi connectivity index (χ4v) is 2.22. The molecule has 0 bridgehead atoms. The number of benzene rings is 2. The molecule has 112 valence electrons. The third-order valence-corrected chi connectivity index (χ3v) is 3.41. The largest absolute Gasteiger partial charge is 0.457 e. The Kier molecular flexibility index (Phi) is 5.85. The van der Waals surface area contributed by atoms with Crippen molar-refractivity contribution in [3.63, 3.8) is 0 Å². The normalized spacial score (nSPS) is 10.7. The molecule has 0 aromatic heterocycles. The van der Waals surface area contributed by atoms with Crippen LogP contribution >= 0.6 is 23.2 Å². The summed E-state index contributed by atoms with van der Waals surface area (Å²) in [7, 11) is 0. The molecule has 21 heavy (non-hydrogen) atoms. The smallest absolute Gasteiger partial charge is 0.142 e. The van der Waals surface area contributed by atoms with E-state index in [1.165, 1.54) is 12.1 Å². The molecule has 0 aliphatic heterocycles. The van der Waals surface area contributed by atoms with E-state index in [0.29, 0.717) is 23.1 Å². The zero-order valence-corrected chi connectivity index (χ0v) is 13.1. The van der Waals surface area contributed by atoms with Crippen molar-refractivity contribution in [1.29, 1.82) is 0 Å². The summed E-state index contributed by atoms with van der Waals surface area (Å²) in [4.78, 5) is 0. The highest BCUT2D eigenvalue weighted by molar-refractivity contribution is 6.31. The van der Waals surface area contributed by atoms with Crippen molar-refractivity contribution in [1.82, 2.24) is 5.32 Å². The Morgan fingerprint density at radius 3 is 2.67 bits per heavy atom. The van der Waals surface area contributed by atoms with Crippen LogP contribution in [0.4, 0.5) is 4.39 Å². The van der Waals surface area contributed by atoms with E-state index in [1.54, 1.807) is 18.2 Å². The summed E-state index contributed by atoms with van der Waals surface area (Å²) in [6, 6.07) is 9.68. The molecule has 1 N–H and O–H groups in total. The molecule has 0 spiro atoms. The summed E-state index contributed by atoms with van der Waals surface area (Å²) in [5, 5.41) is 3.98. The van der Waals surface area contributed by atoms with Gasteiger partial charge in [-0.1, -0.05) is 30.1 Å². The van der Waals surface area contributed by atoms with E-state index in [4.69, 9.17) is 27.9 Å². The molecule has 0 saturated carbocycles. The summed E-state index contributed by atoms with van der Waals surface area (Å²) < 4.78 is 18.9. The van der Waals surface area contributed by atoms with Crippen LogP contribution in [0.15, 0.2) is 36.4 Å². The van der Waals surface area contributed by atoms with Gasteiger partial charge < -0.3 is 10.1 Å². The number of hydrogen-bond donors (Lipinski definition) is 1. The molecule has 0 unspecified atom stereocenters. The third-order valence-electron chi connectivity index (χ3n) is 2.88. The number of hydrogen-bond acceptors (Lipinski definition) is 2. The maximum absolute atomic E-state index is 13.2. The first-order valence-electron chi connectivity index (χ1n) is 6.72. The highest BCUT2D eigenvalue weighted by Crippen LogP contribution is 2.30. The Balaban J connectivity index is 2.19. The SMILES string of the molecule is CCCNCc1cc(Cl)ccc1Oc1ccc(F)c(Cl)c1.